The lowest BCUT2D eigenvalue weighted by Crippen LogP contribution is -2.33. The van der Waals surface area contributed by atoms with Crippen LogP contribution in [0.4, 0.5) is 0 Å². The lowest BCUT2D eigenvalue weighted by molar-refractivity contribution is 0.0935. The molecule has 0 radical (unpaired) electrons. The van der Waals surface area contributed by atoms with Crippen LogP contribution in [0.1, 0.15) is 35.8 Å². The van der Waals surface area contributed by atoms with Crippen molar-refractivity contribution >= 4 is 41.4 Å². The fraction of sp³-hybridized carbons (Fsp3) is 0.636. The maximum absolute atomic E-state index is 11.8. The fourth-order valence-corrected chi connectivity index (χ4v) is 2.75. The first-order valence-corrected chi connectivity index (χ1v) is 7.73. The van der Waals surface area contributed by atoms with Crippen molar-refractivity contribution < 1.29 is 4.79 Å². The number of nitrogens with zero attached hydrogens (tertiary/aromatic N) is 1. The minimum atomic E-state index is -0.102. The first-order chi connectivity index (χ1) is 8.17. The van der Waals surface area contributed by atoms with Crippen LogP contribution in [0.25, 0.3) is 0 Å². The lowest BCUT2D eigenvalue weighted by atomic mass is 10.2. The number of carbonyl (C=O) groups excluding carboxylic acids is 1. The molecule has 7 heteroatoms. The van der Waals surface area contributed by atoms with Gasteiger partial charge in [-0.3, -0.25) is 4.79 Å². The standard InChI is InChI=1S/C11H19N3OS2.ClH/c1-3-16-5-4-8(2)13-11(15)9-7-17-10(6-12)14-9;/h7-8H,3-6,12H2,1-2H3,(H,13,15);1H. The number of hydrogen-bond donors (Lipinski definition) is 2. The van der Waals surface area contributed by atoms with Crippen LogP contribution < -0.4 is 11.1 Å². The zero-order valence-corrected chi connectivity index (χ0v) is 13.1. The summed E-state index contributed by atoms with van der Waals surface area (Å²) in [7, 11) is 0. The number of nitrogens with one attached hydrogen (secondary N) is 1. The molecule has 1 atom stereocenters. The smallest absolute Gasteiger partial charge is 0.270 e. The van der Waals surface area contributed by atoms with Gasteiger partial charge in [-0.05, 0) is 24.9 Å². The van der Waals surface area contributed by atoms with Crippen molar-refractivity contribution in [3.63, 3.8) is 0 Å². The molecule has 1 aromatic heterocycles. The summed E-state index contributed by atoms with van der Waals surface area (Å²) in [6.07, 6.45) is 0.984. The molecule has 18 heavy (non-hydrogen) atoms. The van der Waals surface area contributed by atoms with E-state index in [9.17, 15) is 4.79 Å². The van der Waals surface area contributed by atoms with Gasteiger partial charge in [-0.2, -0.15) is 11.8 Å². The van der Waals surface area contributed by atoms with Crippen molar-refractivity contribution in [2.24, 2.45) is 5.73 Å². The summed E-state index contributed by atoms with van der Waals surface area (Å²) in [5.41, 5.74) is 5.94. The average molecular weight is 310 g/mol. The summed E-state index contributed by atoms with van der Waals surface area (Å²) in [6.45, 7) is 4.54. The van der Waals surface area contributed by atoms with E-state index in [1.807, 2.05) is 18.7 Å². The maximum atomic E-state index is 11.8. The van der Waals surface area contributed by atoms with Crippen LogP contribution in [0.15, 0.2) is 5.38 Å². The monoisotopic (exact) mass is 309 g/mol. The average Bonchev–Trinajstić information content (AvgIpc) is 2.78. The van der Waals surface area contributed by atoms with E-state index in [0.29, 0.717) is 12.2 Å². The van der Waals surface area contributed by atoms with E-state index < -0.39 is 0 Å². The number of amides is 1. The summed E-state index contributed by atoms with van der Waals surface area (Å²) < 4.78 is 0. The predicted molar refractivity (Wildman–Crippen MR) is 81.8 cm³/mol. The van der Waals surface area contributed by atoms with E-state index in [2.05, 4.69) is 17.2 Å². The number of halogens is 1. The summed E-state index contributed by atoms with van der Waals surface area (Å²) in [4.78, 5) is 16.0. The Morgan fingerprint density at radius 1 is 1.67 bits per heavy atom. The van der Waals surface area contributed by atoms with Gasteiger partial charge in [0.25, 0.3) is 5.91 Å². The quantitative estimate of drug-likeness (QED) is 0.758. The van der Waals surface area contributed by atoms with Gasteiger partial charge in [-0.15, -0.1) is 23.7 Å². The molecule has 0 spiro atoms. The number of nitrogens with two attached hydrogens (primary N) is 1. The van der Waals surface area contributed by atoms with Crippen LogP contribution in [0.3, 0.4) is 0 Å². The molecule has 0 aliphatic rings. The number of aromatic nitrogens is 1. The Morgan fingerprint density at radius 2 is 2.39 bits per heavy atom. The highest BCUT2D eigenvalue weighted by atomic mass is 35.5. The summed E-state index contributed by atoms with van der Waals surface area (Å²) in [5, 5.41) is 5.49. The second-order valence-electron chi connectivity index (χ2n) is 3.69. The molecule has 1 amide bonds. The van der Waals surface area contributed by atoms with Crippen LogP contribution in [0.2, 0.25) is 0 Å². The van der Waals surface area contributed by atoms with Crippen LogP contribution in [0, 0.1) is 0 Å². The molecule has 4 nitrogen and oxygen atoms in total. The molecular formula is C11H20ClN3OS2. The minimum absolute atomic E-state index is 0. The van der Waals surface area contributed by atoms with Gasteiger partial charge in [0.2, 0.25) is 0 Å². The zero-order chi connectivity index (χ0) is 12.7. The highest BCUT2D eigenvalue weighted by Gasteiger charge is 2.12. The Morgan fingerprint density at radius 3 is 2.94 bits per heavy atom. The molecule has 0 aromatic carbocycles. The molecule has 1 heterocycles. The number of hydrogen-bond acceptors (Lipinski definition) is 5. The molecule has 0 fully saturated rings. The van der Waals surface area contributed by atoms with Gasteiger partial charge in [0.05, 0.1) is 0 Å². The molecule has 0 saturated carbocycles. The Kier molecular flexibility index (Phi) is 9.45. The summed E-state index contributed by atoms with van der Waals surface area (Å²) in [5.74, 6) is 2.09. The molecule has 0 aliphatic carbocycles. The second-order valence-corrected chi connectivity index (χ2v) is 6.03. The van der Waals surface area contributed by atoms with Gasteiger partial charge < -0.3 is 11.1 Å². The lowest BCUT2D eigenvalue weighted by Gasteiger charge is -2.12. The SMILES string of the molecule is CCSCCC(C)NC(=O)c1csc(CN)n1.Cl. The third kappa shape index (κ3) is 6.04. The number of carbonyl (C=O) groups is 1. The van der Waals surface area contributed by atoms with E-state index >= 15 is 0 Å². The van der Waals surface area contributed by atoms with E-state index in [1.54, 1.807) is 5.38 Å². The van der Waals surface area contributed by atoms with Gasteiger partial charge >= 0.3 is 0 Å². The Bertz CT molecular complexity index is 360. The van der Waals surface area contributed by atoms with Gasteiger partial charge in [0.15, 0.2) is 0 Å². The number of thioether (sulfide) groups is 1. The Hall–Kier alpha value is -0.300. The molecule has 1 unspecified atom stereocenters. The van der Waals surface area contributed by atoms with E-state index in [1.165, 1.54) is 11.3 Å². The molecular weight excluding hydrogens is 290 g/mol. The largest absolute Gasteiger partial charge is 0.348 e. The topological polar surface area (TPSA) is 68.0 Å². The molecule has 0 bridgehead atoms. The van der Waals surface area contributed by atoms with Crippen LogP contribution in [-0.4, -0.2) is 28.4 Å². The second kappa shape index (κ2) is 9.61. The number of rotatable bonds is 7. The molecule has 104 valence electrons. The third-order valence-corrected chi connectivity index (χ3v) is 4.04. The van der Waals surface area contributed by atoms with E-state index in [4.69, 9.17) is 5.73 Å². The predicted octanol–water partition coefficient (Wildman–Crippen LogP) is 2.29. The highest BCUT2D eigenvalue weighted by Crippen LogP contribution is 2.09. The minimum Gasteiger partial charge on any atom is -0.348 e. The van der Waals surface area contributed by atoms with E-state index in [0.717, 1.165) is 22.9 Å². The summed E-state index contributed by atoms with van der Waals surface area (Å²) in [6, 6.07) is 0.185. The maximum Gasteiger partial charge on any atom is 0.270 e. The van der Waals surface area contributed by atoms with Gasteiger partial charge in [-0.25, -0.2) is 4.98 Å². The van der Waals surface area contributed by atoms with Crippen molar-refractivity contribution in [2.75, 3.05) is 11.5 Å². The van der Waals surface area contributed by atoms with Crippen molar-refractivity contribution in [1.82, 2.24) is 10.3 Å². The van der Waals surface area contributed by atoms with Gasteiger partial charge in [-0.1, -0.05) is 6.92 Å². The first kappa shape index (κ1) is 17.7. The Balaban J connectivity index is 0.00000289. The Labute approximate surface area is 123 Å². The van der Waals surface area contributed by atoms with E-state index in [-0.39, 0.29) is 24.4 Å². The molecule has 0 aliphatic heterocycles. The normalized spacial score (nSPS) is 11.7. The van der Waals surface area contributed by atoms with Crippen molar-refractivity contribution in [3.05, 3.63) is 16.1 Å². The van der Waals surface area contributed by atoms with Crippen LogP contribution in [-0.2, 0) is 6.54 Å². The van der Waals surface area contributed by atoms with Crippen LogP contribution in [0.5, 0.6) is 0 Å². The fourth-order valence-electron chi connectivity index (χ4n) is 1.28. The molecule has 0 saturated heterocycles. The molecule has 3 N–H and O–H groups in total. The zero-order valence-electron chi connectivity index (χ0n) is 10.6. The highest BCUT2D eigenvalue weighted by molar-refractivity contribution is 7.99. The molecule has 1 rings (SSSR count). The van der Waals surface area contributed by atoms with Gasteiger partial charge in [0.1, 0.15) is 10.7 Å². The van der Waals surface area contributed by atoms with Crippen molar-refractivity contribution in [3.8, 4) is 0 Å². The van der Waals surface area contributed by atoms with Crippen molar-refractivity contribution in [1.29, 1.82) is 0 Å². The molecule has 1 aromatic rings. The first-order valence-electron chi connectivity index (χ1n) is 5.70. The number of thiazole rings is 1. The van der Waals surface area contributed by atoms with Gasteiger partial charge in [0, 0.05) is 18.0 Å². The third-order valence-electron chi connectivity index (χ3n) is 2.24. The van der Waals surface area contributed by atoms with Crippen molar-refractivity contribution in [2.45, 2.75) is 32.9 Å². The summed E-state index contributed by atoms with van der Waals surface area (Å²) >= 11 is 3.31. The van der Waals surface area contributed by atoms with Crippen LogP contribution >= 0.6 is 35.5 Å².